The van der Waals surface area contributed by atoms with Gasteiger partial charge >= 0.3 is 0 Å². The van der Waals surface area contributed by atoms with E-state index in [0.29, 0.717) is 38.6 Å². The molecule has 174 valence electrons. The molecule has 0 aliphatic rings. The van der Waals surface area contributed by atoms with Crippen LogP contribution in [0.3, 0.4) is 0 Å². The number of amides is 2. The summed E-state index contributed by atoms with van der Waals surface area (Å²) in [4.78, 5) is 46.0. The number of carbonyl (C=O) groups is 2. The van der Waals surface area contributed by atoms with Crippen molar-refractivity contribution in [3.05, 3.63) is 81.7 Å². The van der Waals surface area contributed by atoms with Crippen LogP contribution in [0.25, 0.3) is 10.2 Å². The van der Waals surface area contributed by atoms with Crippen LogP contribution in [0.2, 0.25) is 0 Å². The number of aryl methyl sites for hydroxylation is 1. The number of hydrogen-bond acceptors (Lipinski definition) is 6. The van der Waals surface area contributed by atoms with Gasteiger partial charge in [-0.25, -0.2) is 4.98 Å². The van der Waals surface area contributed by atoms with Crippen molar-refractivity contribution in [2.45, 2.75) is 20.4 Å². The zero-order chi connectivity index (χ0) is 24.2. The summed E-state index contributed by atoms with van der Waals surface area (Å²) < 4.78 is 6.58. The number of thiophene rings is 1. The molecule has 2 aromatic carbocycles. The summed E-state index contributed by atoms with van der Waals surface area (Å²) in [6.07, 6.45) is 1.36. The minimum Gasteiger partial charge on any atom is -0.495 e. The zero-order valence-electron chi connectivity index (χ0n) is 19.1. The molecule has 0 aliphatic heterocycles. The van der Waals surface area contributed by atoms with Gasteiger partial charge in [0.25, 0.3) is 11.5 Å². The molecule has 0 bridgehead atoms. The van der Waals surface area contributed by atoms with Crippen LogP contribution in [0.5, 0.6) is 5.75 Å². The SMILES string of the molecule is CCN(C(=O)Cn1cnc2sc(C(=O)Nc3ccccc3OC)c(C)c2c1=O)c1ccccc1. The van der Waals surface area contributed by atoms with Crippen LogP contribution in [0.4, 0.5) is 11.4 Å². The molecule has 34 heavy (non-hydrogen) atoms. The van der Waals surface area contributed by atoms with Crippen molar-refractivity contribution < 1.29 is 14.3 Å². The summed E-state index contributed by atoms with van der Waals surface area (Å²) in [5, 5.41) is 3.18. The lowest BCUT2D eigenvalue weighted by Crippen LogP contribution is -2.36. The molecule has 0 unspecified atom stereocenters. The fourth-order valence-corrected chi connectivity index (χ4v) is 4.79. The Morgan fingerprint density at radius 1 is 1.12 bits per heavy atom. The average Bonchev–Trinajstić information content (AvgIpc) is 3.19. The second-order valence-corrected chi connectivity index (χ2v) is 8.54. The topological polar surface area (TPSA) is 93.5 Å². The molecule has 0 fully saturated rings. The highest BCUT2D eigenvalue weighted by Crippen LogP contribution is 2.29. The maximum absolute atomic E-state index is 13.2. The first-order valence-electron chi connectivity index (χ1n) is 10.7. The Morgan fingerprint density at radius 3 is 2.53 bits per heavy atom. The van der Waals surface area contributed by atoms with Gasteiger partial charge in [0.1, 0.15) is 17.1 Å². The van der Waals surface area contributed by atoms with E-state index < -0.39 is 0 Å². The largest absolute Gasteiger partial charge is 0.495 e. The minimum atomic E-state index is -0.354. The highest BCUT2D eigenvalue weighted by atomic mass is 32.1. The van der Waals surface area contributed by atoms with E-state index >= 15 is 0 Å². The first-order chi connectivity index (χ1) is 16.4. The van der Waals surface area contributed by atoms with Gasteiger partial charge in [-0.3, -0.25) is 19.0 Å². The molecule has 0 saturated heterocycles. The first kappa shape index (κ1) is 23.2. The van der Waals surface area contributed by atoms with E-state index in [9.17, 15) is 14.4 Å². The molecule has 0 saturated carbocycles. The summed E-state index contributed by atoms with van der Waals surface area (Å²) in [5.74, 6) is -0.0419. The number of nitrogens with one attached hydrogen (secondary N) is 1. The van der Waals surface area contributed by atoms with E-state index in [1.54, 1.807) is 30.0 Å². The third kappa shape index (κ3) is 4.42. The first-order valence-corrected chi connectivity index (χ1v) is 11.5. The van der Waals surface area contributed by atoms with Gasteiger partial charge < -0.3 is 15.0 Å². The summed E-state index contributed by atoms with van der Waals surface area (Å²) in [5.41, 5.74) is 1.47. The molecule has 0 spiro atoms. The lowest BCUT2D eigenvalue weighted by Gasteiger charge is -2.21. The van der Waals surface area contributed by atoms with Crippen LogP contribution >= 0.6 is 11.3 Å². The van der Waals surface area contributed by atoms with Crippen LogP contribution < -0.4 is 20.5 Å². The van der Waals surface area contributed by atoms with E-state index in [1.165, 1.54) is 18.0 Å². The van der Waals surface area contributed by atoms with Crippen molar-refractivity contribution in [3.8, 4) is 5.75 Å². The molecular formula is C25H24N4O4S. The number of likely N-dealkylation sites (N-methyl/N-ethyl adjacent to an activating group) is 1. The monoisotopic (exact) mass is 476 g/mol. The lowest BCUT2D eigenvalue weighted by molar-refractivity contribution is -0.119. The number of aromatic nitrogens is 2. The number of para-hydroxylation sites is 3. The highest BCUT2D eigenvalue weighted by molar-refractivity contribution is 7.20. The van der Waals surface area contributed by atoms with E-state index in [0.717, 1.165) is 17.0 Å². The van der Waals surface area contributed by atoms with Crippen molar-refractivity contribution in [2.75, 3.05) is 23.9 Å². The highest BCUT2D eigenvalue weighted by Gasteiger charge is 2.22. The summed E-state index contributed by atoms with van der Waals surface area (Å²) >= 11 is 1.14. The van der Waals surface area contributed by atoms with Gasteiger partial charge in [0, 0.05) is 12.2 Å². The molecular weight excluding hydrogens is 452 g/mol. The number of carbonyl (C=O) groups excluding carboxylic acids is 2. The lowest BCUT2D eigenvalue weighted by atomic mass is 10.2. The van der Waals surface area contributed by atoms with Gasteiger partial charge in [0.15, 0.2) is 0 Å². The van der Waals surface area contributed by atoms with E-state index in [4.69, 9.17) is 4.74 Å². The second-order valence-electron chi connectivity index (χ2n) is 7.54. The number of fused-ring (bicyclic) bond motifs is 1. The molecule has 2 aromatic heterocycles. The van der Waals surface area contributed by atoms with Crippen molar-refractivity contribution in [3.63, 3.8) is 0 Å². The summed E-state index contributed by atoms with van der Waals surface area (Å²) in [7, 11) is 1.53. The average molecular weight is 477 g/mol. The summed E-state index contributed by atoms with van der Waals surface area (Å²) in [6.45, 7) is 3.92. The standard InChI is InChI=1S/C25H24N4O4S/c1-4-29(17-10-6-5-7-11-17)20(30)14-28-15-26-24-21(25(28)32)16(2)22(34-24)23(31)27-18-12-8-9-13-19(18)33-3/h5-13,15H,4,14H2,1-3H3,(H,27,31). The Bertz CT molecular complexity index is 1410. The Hall–Kier alpha value is -3.98. The van der Waals surface area contributed by atoms with Crippen molar-refractivity contribution in [1.29, 1.82) is 0 Å². The molecule has 0 atom stereocenters. The number of nitrogens with zero attached hydrogens (tertiary/aromatic N) is 3. The maximum atomic E-state index is 13.2. The number of methoxy groups -OCH3 is 1. The molecule has 0 radical (unpaired) electrons. The minimum absolute atomic E-state index is 0.150. The molecule has 2 amide bonds. The molecule has 9 heteroatoms. The van der Waals surface area contributed by atoms with Crippen LogP contribution in [-0.4, -0.2) is 35.0 Å². The number of hydrogen-bond donors (Lipinski definition) is 1. The molecule has 4 rings (SSSR count). The van der Waals surface area contributed by atoms with Gasteiger partial charge in [-0.1, -0.05) is 30.3 Å². The predicted molar refractivity (Wildman–Crippen MR) is 134 cm³/mol. The third-order valence-electron chi connectivity index (χ3n) is 5.47. The Morgan fingerprint density at radius 2 is 1.82 bits per heavy atom. The van der Waals surface area contributed by atoms with Crippen LogP contribution in [-0.2, 0) is 11.3 Å². The van der Waals surface area contributed by atoms with E-state index in [2.05, 4.69) is 10.3 Å². The van der Waals surface area contributed by atoms with Crippen LogP contribution in [0.15, 0.2) is 65.7 Å². The fourth-order valence-electron chi connectivity index (χ4n) is 3.76. The van der Waals surface area contributed by atoms with E-state index in [1.807, 2.05) is 43.3 Å². The number of benzene rings is 2. The Labute approximate surface area is 200 Å². The molecule has 4 aromatic rings. The number of anilines is 2. The zero-order valence-corrected chi connectivity index (χ0v) is 19.9. The Kier molecular flexibility index (Phi) is 6.74. The van der Waals surface area contributed by atoms with Crippen LogP contribution in [0, 0.1) is 6.92 Å². The predicted octanol–water partition coefficient (Wildman–Crippen LogP) is 4.08. The van der Waals surface area contributed by atoms with Crippen LogP contribution in [0.1, 0.15) is 22.2 Å². The quantitative estimate of drug-likeness (QED) is 0.434. The molecule has 0 aliphatic carbocycles. The van der Waals surface area contributed by atoms with Crippen molar-refractivity contribution in [2.24, 2.45) is 0 Å². The van der Waals surface area contributed by atoms with Gasteiger partial charge in [-0.15, -0.1) is 11.3 Å². The van der Waals surface area contributed by atoms with Crippen molar-refractivity contribution in [1.82, 2.24) is 9.55 Å². The maximum Gasteiger partial charge on any atom is 0.266 e. The molecule has 8 nitrogen and oxygen atoms in total. The van der Waals surface area contributed by atoms with Gasteiger partial charge in [0.2, 0.25) is 5.91 Å². The van der Waals surface area contributed by atoms with Gasteiger partial charge in [0.05, 0.1) is 29.4 Å². The van der Waals surface area contributed by atoms with E-state index in [-0.39, 0.29) is 23.9 Å². The molecule has 2 heterocycles. The molecule has 1 N–H and O–H groups in total. The number of ether oxygens (including phenoxy) is 1. The fraction of sp³-hybridized carbons (Fsp3) is 0.200. The normalized spacial score (nSPS) is 10.8. The number of rotatable bonds is 7. The van der Waals surface area contributed by atoms with Gasteiger partial charge in [-0.05, 0) is 43.7 Å². The Balaban J connectivity index is 1.63. The summed E-state index contributed by atoms with van der Waals surface area (Å²) in [6, 6.07) is 16.4. The second kappa shape index (κ2) is 9.88. The van der Waals surface area contributed by atoms with Gasteiger partial charge in [-0.2, -0.15) is 0 Å². The van der Waals surface area contributed by atoms with Crippen molar-refractivity contribution >= 4 is 44.7 Å². The smallest absolute Gasteiger partial charge is 0.266 e. The third-order valence-corrected chi connectivity index (χ3v) is 6.67.